The lowest BCUT2D eigenvalue weighted by molar-refractivity contribution is -0.123. The Kier molecular flexibility index (Phi) is 2.94. The number of hydrogen-bond donors (Lipinski definition) is 1. The molecule has 1 aromatic heterocycles. The summed E-state index contributed by atoms with van der Waals surface area (Å²) < 4.78 is 25.9. The van der Waals surface area contributed by atoms with Crippen LogP contribution >= 0.6 is 11.3 Å². The molecule has 2 saturated carbocycles. The smallest absolute Gasteiger partial charge is 0.239 e. The lowest BCUT2D eigenvalue weighted by Crippen LogP contribution is -2.35. The van der Waals surface area contributed by atoms with Gasteiger partial charge in [0.2, 0.25) is 15.9 Å². The van der Waals surface area contributed by atoms with Crippen LogP contribution in [0.25, 0.3) is 0 Å². The highest BCUT2D eigenvalue weighted by Crippen LogP contribution is 2.54. The summed E-state index contributed by atoms with van der Waals surface area (Å²) in [7, 11) is -3.54. The fraction of sp³-hybridized carbons (Fsp3) is 0.583. The molecule has 2 aliphatic rings. The number of sulfonamides is 1. The number of fused-ring (bicyclic) bond motifs is 1. The van der Waals surface area contributed by atoms with E-state index in [0.717, 1.165) is 18.4 Å². The summed E-state index contributed by atoms with van der Waals surface area (Å²) in [6.45, 7) is 0. The molecule has 98 valence electrons. The van der Waals surface area contributed by atoms with E-state index >= 15 is 0 Å². The molecule has 0 aliphatic heterocycles. The van der Waals surface area contributed by atoms with Crippen molar-refractivity contribution >= 4 is 27.3 Å². The number of carbonyl (C=O) groups is 1. The maximum Gasteiger partial charge on any atom is 0.239 e. The van der Waals surface area contributed by atoms with Gasteiger partial charge in [-0.15, -0.1) is 0 Å². The van der Waals surface area contributed by atoms with Gasteiger partial charge in [-0.25, -0.2) is 8.42 Å². The van der Waals surface area contributed by atoms with Crippen molar-refractivity contribution in [2.45, 2.75) is 25.0 Å². The zero-order chi connectivity index (χ0) is 12.8. The summed E-state index contributed by atoms with van der Waals surface area (Å²) in [4.78, 5) is 11.9. The minimum Gasteiger partial charge on any atom is -0.274 e. The van der Waals surface area contributed by atoms with Gasteiger partial charge in [-0.2, -0.15) is 11.3 Å². The largest absolute Gasteiger partial charge is 0.274 e. The summed E-state index contributed by atoms with van der Waals surface area (Å²) in [5, 5.41) is 3.62. The van der Waals surface area contributed by atoms with Crippen LogP contribution in [0.4, 0.5) is 0 Å². The zero-order valence-corrected chi connectivity index (χ0v) is 11.5. The molecule has 3 rings (SSSR count). The predicted octanol–water partition coefficient (Wildman–Crippen LogP) is 1.74. The number of thiophene rings is 1. The van der Waals surface area contributed by atoms with Crippen LogP contribution in [0.15, 0.2) is 16.8 Å². The van der Waals surface area contributed by atoms with Gasteiger partial charge in [0.05, 0.1) is 5.75 Å². The molecular formula is C12H15NO3S2. The van der Waals surface area contributed by atoms with Gasteiger partial charge in [0.25, 0.3) is 0 Å². The average Bonchev–Trinajstić information content (AvgIpc) is 2.74. The Morgan fingerprint density at radius 1 is 1.33 bits per heavy atom. The molecular weight excluding hydrogens is 270 g/mol. The van der Waals surface area contributed by atoms with E-state index in [1.165, 1.54) is 17.8 Å². The van der Waals surface area contributed by atoms with E-state index in [9.17, 15) is 13.2 Å². The molecule has 2 aliphatic carbocycles. The van der Waals surface area contributed by atoms with Crippen LogP contribution in [0.1, 0.15) is 24.8 Å². The monoisotopic (exact) mass is 285 g/mol. The van der Waals surface area contributed by atoms with Crippen molar-refractivity contribution in [2.24, 2.45) is 17.8 Å². The predicted molar refractivity (Wildman–Crippen MR) is 69.4 cm³/mol. The highest BCUT2D eigenvalue weighted by Gasteiger charge is 2.48. The van der Waals surface area contributed by atoms with Gasteiger partial charge in [-0.1, -0.05) is 0 Å². The van der Waals surface area contributed by atoms with Gasteiger partial charge in [-0.05, 0) is 53.5 Å². The first-order valence-corrected chi connectivity index (χ1v) is 8.68. The second-order valence-corrected chi connectivity index (χ2v) is 7.78. The number of rotatable bonds is 4. The molecule has 0 saturated heterocycles. The second kappa shape index (κ2) is 4.35. The lowest BCUT2D eigenvalue weighted by Gasteiger charge is -2.12. The molecule has 0 aromatic carbocycles. The Balaban J connectivity index is 1.59. The SMILES string of the molecule is O=C(NS(=O)(=O)Cc1ccsc1)C1C[C@@H]2C[C@@H]2C1. The van der Waals surface area contributed by atoms with Crippen molar-refractivity contribution in [3.8, 4) is 0 Å². The van der Waals surface area contributed by atoms with E-state index in [-0.39, 0.29) is 17.6 Å². The van der Waals surface area contributed by atoms with Crippen molar-refractivity contribution in [3.05, 3.63) is 22.4 Å². The fourth-order valence-corrected chi connectivity index (χ4v) is 4.73. The zero-order valence-electron chi connectivity index (χ0n) is 9.83. The van der Waals surface area contributed by atoms with Crippen LogP contribution in [0.2, 0.25) is 0 Å². The van der Waals surface area contributed by atoms with Gasteiger partial charge < -0.3 is 0 Å². The molecule has 2 fully saturated rings. The van der Waals surface area contributed by atoms with E-state index < -0.39 is 10.0 Å². The van der Waals surface area contributed by atoms with Crippen molar-refractivity contribution in [1.82, 2.24) is 4.72 Å². The summed E-state index contributed by atoms with van der Waals surface area (Å²) in [6, 6.07) is 1.76. The Morgan fingerprint density at radius 2 is 2.06 bits per heavy atom. The Labute approximate surface area is 110 Å². The lowest BCUT2D eigenvalue weighted by atomic mass is 10.0. The van der Waals surface area contributed by atoms with Gasteiger partial charge in [0, 0.05) is 5.92 Å². The first-order valence-electron chi connectivity index (χ1n) is 6.09. The summed E-state index contributed by atoms with van der Waals surface area (Å²) in [5.74, 6) is 0.853. The minimum atomic E-state index is -3.54. The topological polar surface area (TPSA) is 63.2 Å². The van der Waals surface area contributed by atoms with Crippen molar-refractivity contribution in [3.63, 3.8) is 0 Å². The molecule has 1 unspecified atom stereocenters. The van der Waals surface area contributed by atoms with Crippen LogP contribution < -0.4 is 4.72 Å². The minimum absolute atomic E-state index is 0.0917. The van der Waals surface area contributed by atoms with Crippen LogP contribution in [0, 0.1) is 17.8 Å². The molecule has 18 heavy (non-hydrogen) atoms. The van der Waals surface area contributed by atoms with Crippen molar-refractivity contribution in [2.75, 3.05) is 0 Å². The first kappa shape index (κ1) is 12.2. The fourth-order valence-electron chi connectivity index (χ4n) is 2.80. The number of hydrogen-bond acceptors (Lipinski definition) is 4. The maximum absolute atomic E-state index is 11.9. The number of nitrogens with one attached hydrogen (secondary N) is 1. The molecule has 1 heterocycles. The van der Waals surface area contributed by atoms with E-state index in [1.54, 1.807) is 11.4 Å². The Hall–Kier alpha value is -0.880. The summed E-state index contributed by atoms with van der Waals surface area (Å²) >= 11 is 1.45. The maximum atomic E-state index is 11.9. The standard InChI is InChI=1S/C12H15NO3S2/c14-12(11-4-9-3-10(9)5-11)13-18(15,16)7-8-1-2-17-6-8/h1-2,6,9-11H,3-5,7H2,(H,13,14)/t9-,10+,11?. The normalized spacial score (nSPS) is 29.9. The molecule has 4 nitrogen and oxygen atoms in total. The molecule has 1 amide bonds. The molecule has 0 radical (unpaired) electrons. The van der Waals surface area contributed by atoms with Gasteiger partial charge >= 0.3 is 0 Å². The summed E-state index contributed by atoms with van der Waals surface area (Å²) in [5.41, 5.74) is 0.731. The third-order valence-corrected chi connectivity index (χ3v) is 5.76. The van der Waals surface area contributed by atoms with E-state index in [0.29, 0.717) is 11.8 Å². The number of carbonyl (C=O) groups excluding carboxylic acids is 1. The second-order valence-electron chi connectivity index (χ2n) is 5.28. The van der Waals surface area contributed by atoms with Crippen molar-refractivity contribution < 1.29 is 13.2 Å². The van der Waals surface area contributed by atoms with Gasteiger partial charge in [0.1, 0.15) is 0 Å². The van der Waals surface area contributed by atoms with Crippen LogP contribution in [-0.4, -0.2) is 14.3 Å². The van der Waals surface area contributed by atoms with Crippen molar-refractivity contribution in [1.29, 1.82) is 0 Å². The van der Waals surface area contributed by atoms with E-state index in [2.05, 4.69) is 4.72 Å². The van der Waals surface area contributed by atoms with E-state index in [1.807, 2.05) is 5.38 Å². The highest BCUT2D eigenvalue weighted by molar-refractivity contribution is 7.89. The molecule has 3 atom stereocenters. The Bertz CT molecular complexity index is 540. The average molecular weight is 285 g/mol. The number of amides is 1. The first-order chi connectivity index (χ1) is 8.53. The third-order valence-electron chi connectivity index (χ3n) is 3.81. The molecule has 6 heteroatoms. The van der Waals surface area contributed by atoms with Crippen LogP contribution in [-0.2, 0) is 20.6 Å². The molecule has 0 bridgehead atoms. The van der Waals surface area contributed by atoms with Crippen LogP contribution in [0.5, 0.6) is 0 Å². The third kappa shape index (κ3) is 2.59. The van der Waals surface area contributed by atoms with E-state index in [4.69, 9.17) is 0 Å². The van der Waals surface area contributed by atoms with Gasteiger partial charge in [0.15, 0.2) is 0 Å². The Morgan fingerprint density at radius 3 is 2.67 bits per heavy atom. The molecule has 0 spiro atoms. The molecule has 1 aromatic rings. The highest BCUT2D eigenvalue weighted by atomic mass is 32.2. The van der Waals surface area contributed by atoms with Crippen LogP contribution in [0.3, 0.4) is 0 Å². The van der Waals surface area contributed by atoms with Gasteiger partial charge in [-0.3, -0.25) is 9.52 Å². The quantitative estimate of drug-likeness (QED) is 0.916. The molecule has 1 N–H and O–H groups in total. The summed E-state index contributed by atoms with van der Waals surface area (Å²) in [6.07, 6.45) is 2.96.